The molecule has 16 heavy (non-hydrogen) atoms. The van der Waals surface area contributed by atoms with Crippen LogP contribution in [0.15, 0.2) is 42.3 Å². The van der Waals surface area contributed by atoms with Crippen LogP contribution in [0, 0.1) is 0 Å². The second kappa shape index (κ2) is 3.97. The highest BCUT2D eigenvalue weighted by Gasteiger charge is 2.16. The quantitative estimate of drug-likeness (QED) is 0.585. The van der Waals surface area contributed by atoms with E-state index in [1.807, 2.05) is 0 Å². The van der Waals surface area contributed by atoms with Crippen LogP contribution in [0.3, 0.4) is 0 Å². The van der Waals surface area contributed by atoms with Gasteiger partial charge >= 0.3 is 0 Å². The highest BCUT2D eigenvalue weighted by atomic mass is 32.2. The second-order valence-corrected chi connectivity index (χ2v) is 5.06. The van der Waals surface area contributed by atoms with Crippen LogP contribution in [-0.2, 0) is 9.84 Å². The van der Waals surface area contributed by atoms with Gasteiger partial charge in [0.2, 0.25) is 15.0 Å². The molecule has 0 aromatic carbocycles. The van der Waals surface area contributed by atoms with E-state index in [-0.39, 0.29) is 10.9 Å². The molecule has 0 bridgehead atoms. The van der Waals surface area contributed by atoms with Crippen LogP contribution < -0.4 is 0 Å². The van der Waals surface area contributed by atoms with E-state index >= 15 is 0 Å². The Balaban J connectivity index is 2.59. The average Bonchev–Trinajstić information content (AvgIpc) is 2.28. The first-order chi connectivity index (χ1) is 7.63. The van der Waals surface area contributed by atoms with Gasteiger partial charge in [-0.25, -0.2) is 18.4 Å². The van der Waals surface area contributed by atoms with Gasteiger partial charge in [-0.3, -0.25) is 4.98 Å². The van der Waals surface area contributed by atoms with Crippen LogP contribution in [0.2, 0.25) is 0 Å². The molecule has 2 rings (SSSR count). The molecule has 82 valence electrons. The summed E-state index contributed by atoms with van der Waals surface area (Å²) in [5.74, 6) is -0.168. The van der Waals surface area contributed by atoms with Crippen molar-refractivity contribution < 1.29 is 8.42 Å². The molecular weight excluding hydrogens is 226 g/mol. The van der Waals surface area contributed by atoms with Crippen LogP contribution in [0.1, 0.15) is 0 Å². The molecule has 0 spiro atoms. The monoisotopic (exact) mass is 235 g/mol. The van der Waals surface area contributed by atoms with Crippen LogP contribution in [-0.4, -0.2) is 29.1 Å². The number of aromatic nitrogens is 3. The van der Waals surface area contributed by atoms with E-state index in [9.17, 15) is 8.42 Å². The molecule has 0 aliphatic carbocycles. The molecule has 0 aliphatic rings. The first kappa shape index (κ1) is 10.7. The van der Waals surface area contributed by atoms with Crippen molar-refractivity contribution in [3.63, 3.8) is 0 Å². The zero-order chi connectivity index (χ0) is 11.6. The Bertz CT molecular complexity index is 637. The Labute approximate surface area is 92.8 Å². The van der Waals surface area contributed by atoms with E-state index in [2.05, 4.69) is 21.5 Å². The largest absolute Gasteiger partial charge is 0.253 e. The number of nitrogens with zero attached hydrogens (tertiary/aromatic N) is 3. The summed E-state index contributed by atoms with van der Waals surface area (Å²) in [7, 11) is -3.47. The lowest BCUT2D eigenvalue weighted by molar-refractivity contribution is 0.590. The van der Waals surface area contributed by atoms with E-state index in [1.54, 1.807) is 18.3 Å². The molecule has 0 radical (unpaired) electrons. The SMILES string of the molecule is C=CCS(=O)(=O)c1ncc2ncccc2n1. The maximum atomic E-state index is 11.7. The zero-order valence-corrected chi connectivity index (χ0v) is 9.18. The van der Waals surface area contributed by atoms with Gasteiger partial charge in [0.25, 0.3) is 0 Å². The Hall–Kier alpha value is -1.82. The average molecular weight is 235 g/mol. The summed E-state index contributed by atoms with van der Waals surface area (Å²) in [6.07, 6.45) is 4.31. The third-order valence-electron chi connectivity index (χ3n) is 1.95. The molecule has 0 fully saturated rings. The maximum absolute atomic E-state index is 11.7. The van der Waals surface area contributed by atoms with Gasteiger partial charge in [-0.1, -0.05) is 6.08 Å². The summed E-state index contributed by atoms with van der Waals surface area (Å²) in [6, 6.07) is 3.39. The first-order valence-corrected chi connectivity index (χ1v) is 6.20. The molecule has 0 amide bonds. The van der Waals surface area contributed by atoms with Gasteiger partial charge in [0.05, 0.1) is 17.5 Å². The van der Waals surface area contributed by atoms with Gasteiger partial charge in [0, 0.05) is 6.20 Å². The maximum Gasteiger partial charge on any atom is 0.248 e. The van der Waals surface area contributed by atoms with E-state index in [1.165, 1.54) is 12.3 Å². The van der Waals surface area contributed by atoms with Crippen molar-refractivity contribution in [3.8, 4) is 0 Å². The molecule has 5 nitrogen and oxygen atoms in total. The fourth-order valence-electron chi connectivity index (χ4n) is 1.23. The number of rotatable bonds is 3. The molecule has 2 heterocycles. The van der Waals surface area contributed by atoms with Crippen molar-refractivity contribution in [1.82, 2.24) is 15.0 Å². The molecular formula is C10H9N3O2S. The summed E-state index contributed by atoms with van der Waals surface area (Å²) in [5, 5.41) is -0.187. The summed E-state index contributed by atoms with van der Waals surface area (Å²) < 4.78 is 23.3. The standard InChI is InChI=1S/C10H9N3O2S/c1-2-6-16(14,15)10-12-7-9-8(13-10)4-3-5-11-9/h2-5,7H,1,6H2. The fourth-order valence-corrected chi connectivity index (χ4v) is 2.14. The highest BCUT2D eigenvalue weighted by Crippen LogP contribution is 2.10. The molecule has 0 unspecified atom stereocenters. The fraction of sp³-hybridized carbons (Fsp3) is 0.100. The number of sulfone groups is 1. The van der Waals surface area contributed by atoms with E-state index in [0.29, 0.717) is 11.0 Å². The normalized spacial score (nSPS) is 11.5. The van der Waals surface area contributed by atoms with Crippen molar-refractivity contribution in [2.24, 2.45) is 0 Å². The summed E-state index contributed by atoms with van der Waals surface area (Å²) >= 11 is 0. The van der Waals surface area contributed by atoms with Crippen molar-refractivity contribution >= 4 is 20.9 Å². The Morgan fingerprint density at radius 1 is 1.31 bits per heavy atom. The van der Waals surface area contributed by atoms with Crippen LogP contribution in [0.25, 0.3) is 11.0 Å². The zero-order valence-electron chi connectivity index (χ0n) is 8.37. The molecule has 6 heteroatoms. The number of fused-ring (bicyclic) bond motifs is 1. The third-order valence-corrected chi connectivity index (χ3v) is 3.37. The molecule has 0 saturated heterocycles. The van der Waals surface area contributed by atoms with Gasteiger partial charge in [-0.15, -0.1) is 6.58 Å². The second-order valence-electron chi connectivity index (χ2n) is 3.13. The van der Waals surface area contributed by atoms with Gasteiger partial charge in [0.1, 0.15) is 5.52 Å². The lowest BCUT2D eigenvalue weighted by Crippen LogP contribution is -2.09. The Morgan fingerprint density at radius 3 is 2.88 bits per heavy atom. The van der Waals surface area contributed by atoms with Gasteiger partial charge in [-0.2, -0.15) is 0 Å². The number of hydrogen-bond donors (Lipinski definition) is 0. The van der Waals surface area contributed by atoms with Crippen molar-refractivity contribution in [1.29, 1.82) is 0 Å². The van der Waals surface area contributed by atoms with Crippen molar-refractivity contribution in [2.75, 3.05) is 5.75 Å². The highest BCUT2D eigenvalue weighted by molar-refractivity contribution is 7.91. The topological polar surface area (TPSA) is 72.8 Å². The smallest absolute Gasteiger partial charge is 0.248 e. The molecule has 0 atom stereocenters. The predicted molar refractivity (Wildman–Crippen MR) is 59.6 cm³/mol. The Kier molecular flexibility index (Phi) is 2.66. The molecule has 0 aliphatic heterocycles. The summed E-state index contributed by atoms with van der Waals surface area (Å²) in [4.78, 5) is 11.8. The van der Waals surface area contributed by atoms with Crippen molar-refractivity contribution in [2.45, 2.75) is 5.16 Å². The van der Waals surface area contributed by atoms with Crippen LogP contribution in [0.4, 0.5) is 0 Å². The first-order valence-electron chi connectivity index (χ1n) is 4.55. The van der Waals surface area contributed by atoms with E-state index < -0.39 is 9.84 Å². The van der Waals surface area contributed by atoms with Gasteiger partial charge in [-0.05, 0) is 12.1 Å². The van der Waals surface area contributed by atoms with E-state index in [0.717, 1.165) is 0 Å². The summed E-state index contributed by atoms with van der Waals surface area (Å²) in [5.41, 5.74) is 1.08. The van der Waals surface area contributed by atoms with Crippen LogP contribution >= 0.6 is 0 Å². The molecule has 2 aromatic heterocycles. The minimum atomic E-state index is -3.47. The van der Waals surface area contributed by atoms with Crippen molar-refractivity contribution in [3.05, 3.63) is 37.2 Å². The molecule has 2 aromatic rings. The minimum Gasteiger partial charge on any atom is -0.253 e. The lowest BCUT2D eigenvalue weighted by Gasteiger charge is -2.00. The van der Waals surface area contributed by atoms with Crippen LogP contribution in [0.5, 0.6) is 0 Å². The molecule has 0 saturated carbocycles. The predicted octanol–water partition coefficient (Wildman–Crippen LogP) is 0.984. The lowest BCUT2D eigenvalue weighted by atomic mass is 10.4. The van der Waals surface area contributed by atoms with Gasteiger partial charge in [0.15, 0.2) is 0 Å². The van der Waals surface area contributed by atoms with Gasteiger partial charge < -0.3 is 0 Å². The number of pyridine rings is 1. The Morgan fingerprint density at radius 2 is 2.12 bits per heavy atom. The minimum absolute atomic E-state index is 0.168. The third kappa shape index (κ3) is 1.92. The molecule has 0 N–H and O–H groups in total. The van der Waals surface area contributed by atoms with E-state index in [4.69, 9.17) is 0 Å². The number of hydrogen-bond acceptors (Lipinski definition) is 5. The summed E-state index contributed by atoms with van der Waals surface area (Å²) in [6.45, 7) is 3.39.